The Morgan fingerprint density at radius 3 is 2.03 bits per heavy atom. The van der Waals surface area contributed by atoms with Gasteiger partial charge in [-0.3, -0.25) is 14.5 Å². The fraction of sp³-hybridized carbons (Fsp3) is 0.440. The molecule has 1 saturated heterocycles. The van der Waals surface area contributed by atoms with Crippen molar-refractivity contribution in [1.29, 1.82) is 0 Å². The molecule has 7 nitrogen and oxygen atoms in total. The van der Waals surface area contributed by atoms with Crippen LogP contribution in [-0.2, 0) is 14.8 Å². The number of rotatable bonds is 8. The molecule has 3 rings (SSSR count). The van der Waals surface area contributed by atoms with Crippen molar-refractivity contribution in [3.8, 4) is 0 Å². The molecule has 0 unspecified atom stereocenters. The fourth-order valence-corrected chi connectivity index (χ4v) is 5.31. The molecule has 1 aliphatic rings. The van der Waals surface area contributed by atoms with Gasteiger partial charge in [0, 0.05) is 37.4 Å². The van der Waals surface area contributed by atoms with E-state index in [0.717, 1.165) is 12.0 Å². The molecule has 2 atom stereocenters. The van der Waals surface area contributed by atoms with Crippen molar-refractivity contribution >= 4 is 27.4 Å². The average Bonchev–Trinajstić information content (AvgIpc) is 2.83. The van der Waals surface area contributed by atoms with Crippen molar-refractivity contribution in [2.24, 2.45) is 0 Å². The molecule has 8 heteroatoms. The topological polar surface area (TPSA) is 86.8 Å². The second kappa shape index (κ2) is 10.6. The molecule has 1 amide bonds. The lowest BCUT2D eigenvalue weighted by molar-refractivity contribution is -0.121. The highest BCUT2D eigenvalue weighted by molar-refractivity contribution is 7.89. The number of nitrogens with one attached hydrogen (secondary N) is 1. The number of sulfonamides is 1. The highest BCUT2D eigenvalue weighted by Crippen LogP contribution is 2.23. The Balaban J connectivity index is 1.57. The van der Waals surface area contributed by atoms with E-state index in [0.29, 0.717) is 48.2 Å². The van der Waals surface area contributed by atoms with E-state index in [1.54, 1.807) is 36.4 Å². The number of nitrogens with zero attached hydrogens (tertiary/aromatic N) is 2. The molecular weight excluding hydrogens is 438 g/mol. The van der Waals surface area contributed by atoms with Crippen LogP contribution < -0.4 is 5.32 Å². The minimum Gasteiger partial charge on any atom is -0.325 e. The van der Waals surface area contributed by atoms with Gasteiger partial charge in [0.2, 0.25) is 15.9 Å². The van der Waals surface area contributed by atoms with Crippen molar-refractivity contribution in [2.75, 3.05) is 31.5 Å². The summed E-state index contributed by atoms with van der Waals surface area (Å²) in [7, 11) is -3.56. The van der Waals surface area contributed by atoms with Crippen molar-refractivity contribution < 1.29 is 18.0 Å². The highest BCUT2D eigenvalue weighted by atomic mass is 32.2. The van der Waals surface area contributed by atoms with Crippen LogP contribution in [0, 0.1) is 0 Å². The summed E-state index contributed by atoms with van der Waals surface area (Å²) in [6.07, 6.45) is 1.00. The molecule has 1 fully saturated rings. The van der Waals surface area contributed by atoms with Crippen LogP contribution in [0.5, 0.6) is 0 Å². The number of piperazine rings is 1. The molecule has 0 radical (unpaired) electrons. The van der Waals surface area contributed by atoms with Crippen LogP contribution in [0.1, 0.15) is 56.0 Å². The molecule has 2 aromatic carbocycles. The van der Waals surface area contributed by atoms with E-state index in [2.05, 4.69) is 19.2 Å². The third kappa shape index (κ3) is 5.88. The number of amides is 1. The summed E-state index contributed by atoms with van der Waals surface area (Å²) in [4.78, 5) is 26.4. The number of Topliss-reactive ketones (excluding diaryl/α,β-unsaturated/α-hetero) is 1. The van der Waals surface area contributed by atoms with E-state index in [-0.39, 0.29) is 11.7 Å². The van der Waals surface area contributed by atoms with Gasteiger partial charge in [-0.1, -0.05) is 26.0 Å². The smallest absolute Gasteiger partial charge is 0.243 e. The molecule has 0 saturated carbocycles. The van der Waals surface area contributed by atoms with Crippen LogP contribution in [0.15, 0.2) is 53.4 Å². The van der Waals surface area contributed by atoms with E-state index in [1.165, 1.54) is 11.2 Å². The second-order valence-corrected chi connectivity index (χ2v) is 10.6. The van der Waals surface area contributed by atoms with E-state index in [1.807, 2.05) is 24.0 Å². The molecule has 0 aliphatic carbocycles. The lowest BCUT2D eigenvalue weighted by Gasteiger charge is -2.36. The predicted octanol–water partition coefficient (Wildman–Crippen LogP) is 3.74. The van der Waals surface area contributed by atoms with Gasteiger partial charge in [0.05, 0.1) is 10.9 Å². The summed E-state index contributed by atoms with van der Waals surface area (Å²) < 4.78 is 27.6. The van der Waals surface area contributed by atoms with Gasteiger partial charge in [0.25, 0.3) is 0 Å². The number of anilines is 1. The predicted molar refractivity (Wildman–Crippen MR) is 130 cm³/mol. The number of hydrogen-bond donors (Lipinski definition) is 1. The first-order chi connectivity index (χ1) is 15.6. The zero-order chi connectivity index (χ0) is 24.2. The zero-order valence-electron chi connectivity index (χ0n) is 19.7. The van der Waals surface area contributed by atoms with Crippen LogP contribution in [0.2, 0.25) is 0 Å². The number of benzene rings is 2. The molecule has 0 spiro atoms. The van der Waals surface area contributed by atoms with Gasteiger partial charge in [0.15, 0.2) is 5.78 Å². The Labute approximate surface area is 196 Å². The molecule has 33 heavy (non-hydrogen) atoms. The summed E-state index contributed by atoms with van der Waals surface area (Å²) in [5.41, 5.74) is 2.35. The van der Waals surface area contributed by atoms with Gasteiger partial charge in [-0.15, -0.1) is 0 Å². The summed E-state index contributed by atoms with van der Waals surface area (Å²) in [6.45, 7) is 9.17. The minimum absolute atomic E-state index is 0.0273. The maximum Gasteiger partial charge on any atom is 0.243 e. The molecular formula is C25H33N3O4S. The highest BCUT2D eigenvalue weighted by Gasteiger charge is 2.31. The Hall–Kier alpha value is -2.55. The van der Waals surface area contributed by atoms with Crippen molar-refractivity contribution in [2.45, 2.75) is 51.0 Å². The van der Waals surface area contributed by atoms with Gasteiger partial charge in [-0.2, -0.15) is 4.31 Å². The van der Waals surface area contributed by atoms with Gasteiger partial charge < -0.3 is 5.32 Å². The second-order valence-electron chi connectivity index (χ2n) is 8.62. The third-order valence-electron chi connectivity index (χ3n) is 6.46. The zero-order valence-corrected chi connectivity index (χ0v) is 20.6. The quantitative estimate of drug-likeness (QED) is 0.593. The van der Waals surface area contributed by atoms with Crippen LogP contribution >= 0.6 is 0 Å². The van der Waals surface area contributed by atoms with Crippen molar-refractivity contribution in [3.63, 3.8) is 0 Å². The fourth-order valence-electron chi connectivity index (χ4n) is 3.89. The summed E-state index contributed by atoms with van der Waals surface area (Å²) >= 11 is 0. The number of hydrogen-bond acceptors (Lipinski definition) is 5. The van der Waals surface area contributed by atoms with Gasteiger partial charge in [-0.25, -0.2) is 8.42 Å². The minimum atomic E-state index is -3.56. The van der Waals surface area contributed by atoms with Gasteiger partial charge >= 0.3 is 0 Å². The van der Waals surface area contributed by atoms with E-state index in [4.69, 9.17) is 0 Å². The van der Waals surface area contributed by atoms with Gasteiger partial charge in [0.1, 0.15) is 0 Å². The molecule has 1 aliphatic heterocycles. The molecule has 1 N–H and O–H groups in total. The monoisotopic (exact) mass is 471 g/mol. The normalized spacial score (nSPS) is 17.3. The Morgan fingerprint density at radius 2 is 1.52 bits per heavy atom. The van der Waals surface area contributed by atoms with Crippen LogP contribution in [0.25, 0.3) is 0 Å². The van der Waals surface area contributed by atoms with Crippen molar-refractivity contribution in [3.05, 3.63) is 59.7 Å². The Morgan fingerprint density at radius 1 is 0.939 bits per heavy atom. The number of carbonyl (C=O) groups is 2. The van der Waals surface area contributed by atoms with Crippen molar-refractivity contribution in [1.82, 2.24) is 9.21 Å². The molecule has 0 bridgehead atoms. The molecule has 1 heterocycles. The molecule has 2 aromatic rings. The lowest BCUT2D eigenvalue weighted by atomic mass is 9.99. The molecule has 178 valence electrons. The van der Waals surface area contributed by atoms with Gasteiger partial charge in [-0.05, 0) is 68.1 Å². The number of ketones is 1. The average molecular weight is 472 g/mol. The maximum absolute atomic E-state index is 13.1. The third-order valence-corrected chi connectivity index (χ3v) is 8.37. The van der Waals surface area contributed by atoms with E-state index < -0.39 is 16.1 Å². The SMILES string of the molecule is CC[C@@H](C)c1ccc(S(=O)(=O)N2CCN([C@H](C)C(=O)Nc3ccc(C(C)=O)cc3)CC2)cc1. The Kier molecular flexibility index (Phi) is 8.05. The summed E-state index contributed by atoms with van der Waals surface area (Å²) in [5, 5.41) is 2.87. The van der Waals surface area contributed by atoms with Crippen LogP contribution in [0.4, 0.5) is 5.69 Å². The standard InChI is InChI=1S/C25H33N3O4S/c1-5-18(2)21-8-12-24(13-9-21)33(31,32)28-16-14-27(15-17-28)19(3)25(30)26-23-10-6-22(7-11-23)20(4)29/h6-13,18-19H,5,14-17H2,1-4H3,(H,26,30)/t18-,19-/m1/s1. The van der Waals surface area contributed by atoms with E-state index >= 15 is 0 Å². The van der Waals surface area contributed by atoms with E-state index in [9.17, 15) is 18.0 Å². The lowest BCUT2D eigenvalue weighted by Crippen LogP contribution is -2.53. The maximum atomic E-state index is 13.1. The first-order valence-corrected chi connectivity index (χ1v) is 12.8. The Bertz CT molecular complexity index is 1070. The van der Waals surface area contributed by atoms with Crippen LogP contribution in [0.3, 0.4) is 0 Å². The first kappa shape index (κ1) is 25.1. The summed E-state index contributed by atoms with van der Waals surface area (Å²) in [6, 6.07) is 13.5. The number of carbonyl (C=O) groups excluding carboxylic acids is 2. The molecule has 0 aromatic heterocycles. The van der Waals surface area contributed by atoms with Crippen LogP contribution in [-0.4, -0.2) is 61.5 Å². The summed E-state index contributed by atoms with van der Waals surface area (Å²) in [5.74, 6) is 0.202. The first-order valence-electron chi connectivity index (χ1n) is 11.4. The largest absolute Gasteiger partial charge is 0.325 e.